The lowest BCUT2D eigenvalue weighted by Gasteiger charge is -2.20. The van der Waals surface area contributed by atoms with Crippen molar-refractivity contribution in [2.24, 2.45) is 0 Å². The average Bonchev–Trinajstić information content (AvgIpc) is 3.48. The number of halogens is 2. The van der Waals surface area contributed by atoms with Crippen LogP contribution >= 0.6 is 23.2 Å². The lowest BCUT2D eigenvalue weighted by atomic mass is 9.96. The molecule has 0 saturated carbocycles. The summed E-state index contributed by atoms with van der Waals surface area (Å²) in [5.74, 6) is 0.102. The number of fused-ring (bicyclic) bond motifs is 1. The quantitative estimate of drug-likeness (QED) is 0.153. The number of hydrogen-bond acceptors (Lipinski definition) is 8. The maximum atomic E-state index is 11.5. The van der Waals surface area contributed by atoms with E-state index in [1.165, 1.54) is 6.07 Å². The highest BCUT2D eigenvalue weighted by Gasteiger charge is 2.28. The molecule has 0 amide bonds. The fourth-order valence-electron chi connectivity index (χ4n) is 5.49. The Hall–Kier alpha value is -4.77. The van der Waals surface area contributed by atoms with Crippen molar-refractivity contribution in [2.75, 3.05) is 13.7 Å². The predicted molar refractivity (Wildman–Crippen MR) is 172 cm³/mol. The highest BCUT2D eigenvalue weighted by Crippen LogP contribution is 2.45. The second-order valence-corrected chi connectivity index (χ2v) is 11.4. The molecule has 0 bridgehead atoms. The molecule has 234 valence electrons. The molecule has 0 fully saturated rings. The molecule has 0 aliphatic heterocycles. The molecular weight excluding hydrogens is 629 g/mol. The first-order chi connectivity index (χ1) is 22.3. The summed E-state index contributed by atoms with van der Waals surface area (Å²) in [5.41, 5.74) is 5.75. The van der Waals surface area contributed by atoms with E-state index in [1.807, 2.05) is 48.5 Å². The summed E-state index contributed by atoms with van der Waals surface area (Å²) < 4.78 is 18.1. The van der Waals surface area contributed by atoms with E-state index >= 15 is 0 Å². The molecule has 4 aromatic rings. The standard InChI is InChI=1S/C35H29Cl2N3O6/c1-44-31-7-3-6-27(34(31)37)24-4-2-5-26-25(24)8-9-30(26)46-33-14-32(23(13-28(33)36)17-40-29(18-41)35(42)43)45-19-22-11-20(15-38)10-21(12-22)16-39/h2-7,10-14,29-30,40-41H,8-9,17-19H2,1H3,(H,42,43)/t29-,30-/m0/s1. The number of aliphatic hydroxyl groups is 1. The van der Waals surface area contributed by atoms with Crippen LogP contribution < -0.4 is 19.5 Å². The van der Waals surface area contributed by atoms with Crippen LogP contribution in [0.2, 0.25) is 10.0 Å². The van der Waals surface area contributed by atoms with Gasteiger partial charge >= 0.3 is 5.97 Å². The summed E-state index contributed by atoms with van der Waals surface area (Å²) in [5, 5.41) is 41.2. The van der Waals surface area contributed by atoms with Crippen molar-refractivity contribution >= 4 is 29.2 Å². The number of nitrogens with one attached hydrogen (secondary N) is 1. The Morgan fingerprint density at radius 2 is 1.72 bits per heavy atom. The summed E-state index contributed by atoms with van der Waals surface area (Å²) in [4.78, 5) is 11.5. The summed E-state index contributed by atoms with van der Waals surface area (Å²) in [6, 6.07) is 22.6. The van der Waals surface area contributed by atoms with E-state index < -0.39 is 18.6 Å². The van der Waals surface area contributed by atoms with E-state index in [2.05, 4.69) is 5.32 Å². The van der Waals surface area contributed by atoms with Crippen LogP contribution in [0.5, 0.6) is 17.2 Å². The number of methoxy groups -OCH3 is 1. The van der Waals surface area contributed by atoms with Gasteiger partial charge in [-0.15, -0.1) is 0 Å². The predicted octanol–water partition coefficient (Wildman–Crippen LogP) is 6.59. The summed E-state index contributed by atoms with van der Waals surface area (Å²) in [6.07, 6.45) is 1.13. The number of hydrogen-bond donors (Lipinski definition) is 3. The second-order valence-electron chi connectivity index (χ2n) is 10.6. The lowest BCUT2D eigenvalue weighted by molar-refractivity contribution is -0.140. The SMILES string of the molecule is COc1cccc(-c2cccc3c2CC[C@@H]3Oc2cc(OCc3cc(C#N)cc(C#N)c3)c(CN[C@@H](CO)C(=O)O)cc2Cl)c1Cl. The fraction of sp³-hybridized carbons (Fsp3) is 0.229. The molecule has 0 radical (unpaired) electrons. The molecule has 5 rings (SSSR count). The molecule has 0 saturated heterocycles. The molecule has 11 heteroatoms. The van der Waals surface area contributed by atoms with Gasteiger partial charge in [0.05, 0.1) is 47.0 Å². The molecule has 0 heterocycles. The van der Waals surface area contributed by atoms with Crippen molar-refractivity contribution in [3.05, 3.63) is 110 Å². The summed E-state index contributed by atoms with van der Waals surface area (Å²) in [6.45, 7) is -0.578. The van der Waals surface area contributed by atoms with Crippen molar-refractivity contribution in [1.29, 1.82) is 10.5 Å². The van der Waals surface area contributed by atoms with Crippen LogP contribution in [-0.2, 0) is 24.4 Å². The van der Waals surface area contributed by atoms with Gasteiger partial charge in [0.15, 0.2) is 0 Å². The van der Waals surface area contributed by atoms with Gasteiger partial charge in [-0.2, -0.15) is 10.5 Å². The van der Waals surface area contributed by atoms with Crippen LogP contribution in [0, 0.1) is 22.7 Å². The third kappa shape index (κ3) is 7.04. The third-order valence-electron chi connectivity index (χ3n) is 7.74. The van der Waals surface area contributed by atoms with Crippen LogP contribution in [0.25, 0.3) is 11.1 Å². The minimum atomic E-state index is -1.21. The Kier molecular flexibility index (Phi) is 10.3. The van der Waals surface area contributed by atoms with E-state index in [0.717, 1.165) is 28.7 Å². The number of carboxylic acids is 1. The monoisotopic (exact) mass is 657 g/mol. The van der Waals surface area contributed by atoms with Crippen molar-refractivity contribution in [3.63, 3.8) is 0 Å². The number of nitrogens with zero attached hydrogens (tertiary/aromatic N) is 2. The minimum Gasteiger partial charge on any atom is -0.495 e. The van der Waals surface area contributed by atoms with Crippen molar-refractivity contribution < 1.29 is 29.2 Å². The lowest BCUT2D eigenvalue weighted by Crippen LogP contribution is -2.39. The Labute approximate surface area is 276 Å². The fourth-order valence-corrected chi connectivity index (χ4v) is 6.02. The Balaban J connectivity index is 1.45. The highest BCUT2D eigenvalue weighted by molar-refractivity contribution is 6.35. The van der Waals surface area contributed by atoms with Crippen LogP contribution in [0.4, 0.5) is 0 Å². The third-order valence-corrected chi connectivity index (χ3v) is 8.42. The average molecular weight is 659 g/mol. The maximum absolute atomic E-state index is 11.5. The van der Waals surface area contributed by atoms with Gasteiger partial charge in [-0.25, -0.2) is 0 Å². The van der Waals surface area contributed by atoms with Gasteiger partial charge in [0.2, 0.25) is 0 Å². The van der Waals surface area contributed by atoms with Crippen molar-refractivity contribution in [3.8, 4) is 40.5 Å². The van der Waals surface area contributed by atoms with Crippen molar-refractivity contribution in [2.45, 2.75) is 38.1 Å². The zero-order chi connectivity index (χ0) is 32.8. The first-order valence-corrected chi connectivity index (χ1v) is 15.1. The van der Waals surface area contributed by atoms with Gasteiger partial charge in [0.25, 0.3) is 0 Å². The van der Waals surface area contributed by atoms with Gasteiger partial charge in [-0.3, -0.25) is 10.1 Å². The van der Waals surface area contributed by atoms with Crippen molar-refractivity contribution in [1.82, 2.24) is 5.32 Å². The molecule has 46 heavy (non-hydrogen) atoms. The number of ether oxygens (including phenoxy) is 3. The summed E-state index contributed by atoms with van der Waals surface area (Å²) >= 11 is 13.4. The zero-order valence-electron chi connectivity index (χ0n) is 24.7. The van der Waals surface area contributed by atoms with E-state index in [-0.39, 0.29) is 19.3 Å². The zero-order valence-corrected chi connectivity index (χ0v) is 26.2. The topological polar surface area (TPSA) is 145 Å². The summed E-state index contributed by atoms with van der Waals surface area (Å²) in [7, 11) is 1.58. The van der Waals surface area contributed by atoms with E-state index in [9.17, 15) is 25.5 Å². The molecule has 9 nitrogen and oxygen atoms in total. The van der Waals surface area contributed by atoms with Crippen LogP contribution in [0.3, 0.4) is 0 Å². The molecule has 0 spiro atoms. The first kappa shape index (κ1) is 32.6. The number of aliphatic hydroxyl groups excluding tert-OH is 1. The largest absolute Gasteiger partial charge is 0.495 e. The van der Waals surface area contributed by atoms with Gasteiger partial charge in [-0.1, -0.05) is 53.5 Å². The number of rotatable bonds is 12. The number of benzene rings is 4. The van der Waals surface area contributed by atoms with Gasteiger partial charge in [-0.05, 0) is 65.4 Å². The van der Waals surface area contributed by atoms with E-state index in [0.29, 0.717) is 56.0 Å². The van der Waals surface area contributed by atoms with Gasteiger partial charge in [0.1, 0.15) is 36.0 Å². The number of carbonyl (C=O) groups is 1. The maximum Gasteiger partial charge on any atom is 0.323 e. The molecule has 1 aliphatic rings. The molecule has 0 unspecified atom stereocenters. The molecule has 2 atom stereocenters. The molecular formula is C35H29Cl2N3O6. The molecule has 0 aromatic heterocycles. The Morgan fingerprint density at radius 1 is 1.00 bits per heavy atom. The second kappa shape index (κ2) is 14.6. The van der Waals surface area contributed by atoms with E-state index in [1.54, 1.807) is 31.4 Å². The van der Waals surface area contributed by atoms with Gasteiger partial charge < -0.3 is 24.4 Å². The number of nitriles is 2. The normalized spacial score (nSPS) is 14.1. The number of carboxylic acid groups (broad SMARTS) is 1. The Morgan fingerprint density at radius 3 is 2.39 bits per heavy atom. The van der Waals surface area contributed by atoms with E-state index in [4.69, 9.17) is 37.4 Å². The minimum absolute atomic E-state index is 0.0115. The van der Waals surface area contributed by atoms with Crippen LogP contribution in [0.1, 0.15) is 45.9 Å². The Bertz CT molecular complexity index is 1830. The molecule has 4 aromatic carbocycles. The smallest absolute Gasteiger partial charge is 0.323 e. The van der Waals surface area contributed by atoms with Gasteiger partial charge in [0, 0.05) is 23.7 Å². The first-order valence-electron chi connectivity index (χ1n) is 14.3. The molecule has 1 aliphatic carbocycles. The van der Waals surface area contributed by atoms with Crippen LogP contribution in [-0.4, -0.2) is 35.9 Å². The van der Waals surface area contributed by atoms with Crippen LogP contribution in [0.15, 0.2) is 66.7 Å². The molecule has 3 N–H and O–H groups in total. The highest BCUT2D eigenvalue weighted by atomic mass is 35.5. The number of aliphatic carboxylic acids is 1.